The lowest BCUT2D eigenvalue weighted by Gasteiger charge is -2.34. The van der Waals surface area contributed by atoms with E-state index < -0.39 is 55.5 Å². The number of carbonyl (C=O) groups is 2. The van der Waals surface area contributed by atoms with E-state index in [0.29, 0.717) is 18.9 Å². The third-order valence-electron chi connectivity index (χ3n) is 6.30. The van der Waals surface area contributed by atoms with E-state index in [1.165, 1.54) is 37.4 Å². The van der Waals surface area contributed by atoms with Crippen molar-refractivity contribution in [3.8, 4) is 11.5 Å². The van der Waals surface area contributed by atoms with Crippen LogP contribution in [0.1, 0.15) is 40.9 Å². The predicted octanol–water partition coefficient (Wildman–Crippen LogP) is 6.11. The minimum atomic E-state index is -4.86. The van der Waals surface area contributed by atoms with Crippen LogP contribution in [0.15, 0.2) is 57.8 Å². The van der Waals surface area contributed by atoms with Crippen molar-refractivity contribution in [2.24, 2.45) is 10.1 Å². The highest BCUT2D eigenvalue weighted by molar-refractivity contribution is 7.93. The number of aryl methyl sites for hydroxylation is 1. The molecule has 0 aliphatic heterocycles. The number of benzene rings is 2. The van der Waals surface area contributed by atoms with Gasteiger partial charge in [-0.15, -0.1) is 0 Å². The molecule has 1 aliphatic rings. The van der Waals surface area contributed by atoms with E-state index in [4.69, 9.17) is 22.1 Å². The summed E-state index contributed by atoms with van der Waals surface area (Å²) in [5.41, 5.74) is 3.35. The third-order valence-corrected chi connectivity index (χ3v) is 8.26. The first-order valence-corrected chi connectivity index (χ1v) is 14.1. The number of alkyl halides is 3. The van der Waals surface area contributed by atoms with E-state index >= 15 is 0 Å². The number of pyridine rings is 1. The number of halogens is 5. The summed E-state index contributed by atoms with van der Waals surface area (Å²) in [5, 5.41) is 1.74. The smallest absolute Gasteiger partial charge is 0.417 e. The summed E-state index contributed by atoms with van der Waals surface area (Å²) < 4.78 is 76.7. The first-order valence-electron chi connectivity index (χ1n) is 11.8. The number of anilines is 1. The van der Waals surface area contributed by atoms with Gasteiger partial charge in [0.15, 0.2) is 0 Å². The van der Waals surface area contributed by atoms with Crippen LogP contribution in [-0.2, 0) is 20.7 Å². The SMILES string of the molecule is Cc1nc(F)ccc1Oc1cc(C(F)(F)F)c(Cl)cc1C(=O)Nc1cccc(S(C)(=O)=NC(=O)C2(N)CCC2)c1. The molecule has 2 aromatic carbocycles. The Hall–Kier alpha value is -3.55. The van der Waals surface area contributed by atoms with Crippen molar-refractivity contribution in [1.82, 2.24) is 4.98 Å². The molecule has 2 amide bonds. The van der Waals surface area contributed by atoms with Gasteiger partial charge in [-0.3, -0.25) is 9.59 Å². The molecule has 8 nitrogen and oxygen atoms in total. The lowest BCUT2D eigenvalue weighted by Crippen LogP contribution is -2.53. The molecule has 1 atom stereocenters. The highest BCUT2D eigenvalue weighted by atomic mass is 35.5. The van der Waals surface area contributed by atoms with Crippen molar-refractivity contribution in [2.45, 2.75) is 42.8 Å². The molecule has 1 fully saturated rings. The van der Waals surface area contributed by atoms with Gasteiger partial charge in [0.1, 0.15) is 11.5 Å². The number of hydrogen-bond donors (Lipinski definition) is 2. The summed E-state index contributed by atoms with van der Waals surface area (Å²) in [7, 11) is -3.24. The van der Waals surface area contributed by atoms with Crippen molar-refractivity contribution in [2.75, 3.05) is 11.6 Å². The maximum atomic E-state index is 13.6. The van der Waals surface area contributed by atoms with Crippen LogP contribution < -0.4 is 15.8 Å². The molecule has 1 unspecified atom stereocenters. The largest absolute Gasteiger partial charge is 0.455 e. The zero-order valence-electron chi connectivity index (χ0n) is 21.1. The molecule has 0 spiro atoms. The van der Waals surface area contributed by atoms with E-state index in [0.717, 1.165) is 24.6 Å². The fourth-order valence-corrected chi connectivity index (χ4v) is 5.41. The topological polar surface area (TPSA) is 124 Å². The van der Waals surface area contributed by atoms with Crippen LogP contribution in [0.2, 0.25) is 5.02 Å². The molecule has 1 aliphatic carbocycles. The van der Waals surface area contributed by atoms with Crippen LogP contribution in [-0.4, -0.2) is 32.8 Å². The first kappa shape index (κ1) is 29.4. The van der Waals surface area contributed by atoms with Crippen molar-refractivity contribution >= 4 is 38.8 Å². The van der Waals surface area contributed by atoms with Crippen LogP contribution >= 0.6 is 11.6 Å². The Morgan fingerprint density at radius 2 is 1.85 bits per heavy atom. The molecule has 1 heterocycles. The quantitative estimate of drug-likeness (QED) is 0.261. The molecule has 1 aromatic heterocycles. The predicted molar refractivity (Wildman–Crippen MR) is 140 cm³/mol. The number of nitrogens with two attached hydrogens (primary N) is 1. The minimum Gasteiger partial charge on any atom is -0.455 e. The normalized spacial score (nSPS) is 15.9. The second kappa shape index (κ2) is 10.8. The van der Waals surface area contributed by atoms with Crippen molar-refractivity contribution in [3.05, 3.63) is 76.3 Å². The van der Waals surface area contributed by atoms with Gasteiger partial charge >= 0.3 is 6.18 Å². The van der Waals surface area contributed by atoms with Gasteiger partial charge in [0.2, 0.25) is 5.95 Å². The average molecular weight is 599 g/mol. The number of hydrogen-bond acceptors (Lipinski definition) is 6. The highest BCUT2D eigenvalue weighted by Gasteiger charge is 2.41. The van der Waals surface area contributed by atoms with E-state index in [9.17, 15) is 31.4 Å². The van der Waals surface area contributed by atoms with Gasteiger partial charge in [-0.2, -0.15) is 21.9 Å². The Labute approximate surface area is 232 Å². The van der Waals surface area contributed by atoms with Crippen LogP contribution in [0.3, 0.4) is 0 Å². The summed E-state index contributed by atoms with van der Waals surface area (Å²) in [6.07, 6.45) is -1.96. The number of ether oxygens (including phenoxy) is 1. The van der Waals surface area contributed by atoms with Crippen LogP contribution in [0, 0.1) is 12.9 Å². The molecular formula is C26H23ClF4N4O4S. The standard InChI is InChI=1S/C26H23ClF4N4O4S/c1-14-20(7-8-22(28)33-14)39-21-13-18(26(29,30)31)19(27)12-17(21)23(36)34-15-5-3-6-16(11-15)40(2,38)35-24(37)25(32)9-4-10-25/h3,5-8,11-13H,4,9-10,32H2,1-2H3,(H,34,36). The number of nitrogens with zero attached hydrogens (tertiary/aromatic N) is 2. The van der Waals surface area contributed by atoms with E-state index in [-0.39, 0.29) is 27.6 Å². The van der Waals surface area contributed by atoms with Gasteiger partial charge in [0, 0.05) is 16.8 Å². The number of nitrogens with one attached hydrogen (secondary N) is 1. The molecule has 0 bridgehead atoms. The Bertz CT molecular complexity index is 1630. The molecule has 4 rings (SSSR count). The Morgan fingerprint density at radius 1 is 1.15 bits per heavy atom. The molecule has 14 heteroatoms. The number of rotatable bonds is 6. The summed E-state index contributed by atoms with van der Waals surface area (Å²) in [4.78, 5) is 29.4. The number of carbonyl (C=O) groups excluding carboxylic acids is 2. The second-order valence-electron chi connectivity index (χ2n) is 9.34. The van der Waals surface area contributed by atoms with Gasteiger partial charge in [-0.05, 0) is 68.7 Å². The molecule has 0 saturated heterocycles. The molecule has 1 saturated carbocycles. The summed E-state index contributed by atoms with van der Waals surface area (Å²) >= 11 is 5.87. The Morgan fingerprint density at radius 3 is 2.45 bits per heavy atom. The Kier molecular flexibility index (Phi) is 7.94. The average Bonchev–Trinajstić information content (AvgIpc) is 2.84. The lowest BCUT2D eigenvalue weighted by molar-refractivity contribution is -0.137. The Balaban J connectivity index is 1.68. The van der Waals surface area contributed by atoms with E-state index in [1.807, 2.05) is 0 Å². The van der Waals surface area contributed by atoms with Crippen molar-refractivity contribution < 1.29 is 36.1 Å². The molecule has 212 valence electrons. The summed E-state index contributed by atoms with van der Waals surface area (Å²) in [6, 6.07) is 9.13. The highest BCUT2D eigenvalue weighted by Crippen LogP contribution is 2.40. The van der Waals surface area contributed by atoms with Gasteiger partial charge in [0.05, 0.1) is 37.1 Å². The van der Waals surface area contributed by atoms with Crippen LogP contribution in [0.4, 0.5) is 23.2 Å². The zero-order chi connectivity index (χ0) is 29.5. The molecule has 3 N–H and O–H groups in total. The van der Waals surface area contributed by atoms with Gasteiger partial charge in [-0.1, -0.05) is 17.7 Å². The third kappa shape index (κ3) is 6.26. The maximum absolute atomic E-state index is 13.6. The number of aromatic nitrogens is 1. The van der Waals surface area contributed by atoms with E-state index in [1.54, 1.807) is 0 Å². The van der Waals surface area contributed by atoms with Gasteiger partial charge in [0.25, 0.3) is 11.8 Å². The molecular weight excluding hydrogens is 576 g/mol. The zero-order valence-corrected chi connectivity index (χ0v) is 22.7. The fourth-order valence-electron chi connectivity index (χ4n) is 3.86. The lowest BCUT2D eigenvalue weighted by atomic mass is 9.77. The fraction of sp³-hybridized carbons (Fsp3) is 0.269. The molecule has 40 heavy (non-hydrogen) atoms. The summed E-state index contributed by atoms with van der Waals surface area (Å²) in [5.74, 6) is -3.02. The van der Waals surface area contributed by atoms with Gasteiger partial charge in [-0.25, -0.2) is 9.19 Å². The molecule has 3 aromatic rings. The summed E-state index contributed by atoms with van der Waals surface area (Å²) in [6.45, 7) is 1.37. The first-order chi connectivity index (χ1) is 18.6. The van der Waals surface area contributed by atoms with Crippen LogP contribution in [0.5, 0.6) is 11.5 Å². The second-order valence-corrected chi connectivity index (χ2v) is 12.0. The maximum Gasteiger partial charge on any atom is 0.417 e. The monoisotopic (exact) mass is 598 g/mol. The number of amides is 2. The minimum absolute atomic E-state index is 0.0275. The van der Waals surface area contributed by atoms with Crippen LogP contribution in [0.25, 0.3) is 0 Å². The van der Waals surface area contributed by atoms with Crippen molar-refractivity contribution in [1.29, 1.82) is 0 Å². The van der Waals surface area contributed by atoms with Gasteiger partial charge < -0.3 is 15.8 Å². The van der Waals surface area contributed by atoms with Crippen molar-refractivity contribution in [3.63, 3.8) is 0 Å². The van der Waals surface area contributed by atoms with E-state index in [2.05, 4.69) is 14.7 Å². The molecule has 0 radical (unpaired) electrons.